The molecule has 0 saturated heterocycles. The van der Waals surface area contributed by atoms with E-state index in [1.165, 1.54) is 0 Å². The summed E-state index contributed by atoms with van der Waals surface area (Å²) in [5, 5.41) is 22.3. The van der Waals surface area contributed by atoms with Crippen molar-refractivity contribution < 1.29 is 14.6 Å². The molecule has 0 aliphatic heterocycles. The topological polar surface area (TPSA) is 95.2 Å². The molecule has 1 aliphatic carbocycles. The van der Waals surface area contributed by atoms with E-state index in [0.717, 1.165) is 30.4 Å². The number of benzene rings is 2. The van der Waals surface area contributed by atoms with Gasteiger partial charge in [-0.1, -0.05) is 30.3 Å². The van der Waals surface area contributed by atoms with Crippen LogP contribution in [0.25, 0.3) is 0 Å². The molecular formula is C24H21N3O3. The molecule has 0 atom stereocenters. The van der Waals surface area contributed by atoms with Gasteiger partial charge in [-0.15, -0.1) is 0 Å². The predicted octanol–water partition coefficient (Wildman–Crippen LogP) is 4.05. The van der Waals surface area contributed by atoms with Crippen LogP contribution in [0.15, 0.2) is 66.9 Å². The molecule has 6 nitrogen and oxygen atoms in total. The predicted molar refractivity (Wildman–Crippen MR) is 111 cm³/mol. The number of carbonyl (C=O) groups excluding carboxylic acids is 1. The third-order valence-corrected chi connectivity index (χ3v) is 5.32. The van der Waals surface area contributed by atoms with Gasteiger partial charge in [-0.3, -0.25) is 4.79 Å². The lowest BCUT2D eigenvalue weighted by Gasteiger charge is -2.37. The quantitative estimate of drug-likeness (QED) is 0.652. The first-order chi connectivity index (χ1) is 14.6. The Kier molecular flexibility index (Phi) is 5.46. The summed E-state index contributed by atoms with van der Waals surface area (Å²) in [6.07, 6.45) is 4.18. The fourth-order valence-electron chi connectivity index (χ4n) is 3.40. The van der Waals surface area contributed by atoms with Crippen LogP contribution in [0, 0.1) is 11.3 Å². The standard InChI is InChI=1S/C24H21N3O3/c25-15-18-4-1-5-20(14-18)30-23-21(6-2-13-26-23)22(28)27-16-17-7-9-19(10-8-17)24(29)11-3-12-24/h1-2,4-10,13-14,29H,3,11-12,16H2,(H,27,28). The lowest BCUT2D eigenvalue weighted by atomic mass is 9.75. The molecular weight excluding hydrogens is 378 g/mol. The average Bonchev–Trinajstić information content (AvgIpc) is 2.76. The molecule has 150 valence electrons. The van der Waals surface area contributed by atoms with Crippen molar-refractivity contribution in [3.8, 4) is 17.7 Å². The minimum absolute atomic E-state index is 0.174. The molecule has 30 heavy (non-hydrogen) atoms. The van der Waals surface area contributed by atoms with E-state index in [9.17, 15) is 9.90 Å². The molecule has 6 heteroatoms. The van der Waals surface area contributed by atoms with E-state index in [0.29, 0.717) is 23.4 Å². The summed E-state index contributed by atoms with van der Waals surface area (Å²) in [6.45, 7) is 0.343. The summed E-state index contributed by atoms with van der Waals surface area (Å²) in [5.41, 5.74) is 1.94. The molecule has 1 heterocycles. The Morgan fingerprint density at radius 1 is 1.17 bits per heavy atom. The molecule has 0 bridgehead atoms. The molecule has 1 amide bonds. The van der Waals surface area contributed by atoms with Crippen molar-refractivity contribution in [3.05, 3.63) is 89.1 Å². The van der Waals surface area contributed by atoms with Gasteiger partial charge in [0.05, 0.1) is 17.2 Å². The normalized spacial score (nSPS) is 14.3. The van der Waals surface area contributed by atoms with Gasteiger partial charge in [0, 0.05) is 12.7 Å². The number of nitrogens with zero attached hydrogens (tertiary/aromatic N) is 2. The number of pyridine rings is 1. The lowest BCUT2D eigenvalue weighted by molar-refractivity contribution is -0.0388. The van der Waals surface area contributed by atoms with Gasteiger partial charge in [-0.2, -0.15) is 5.26 Å². The molecule has 0 radical (unpaired) electrons. The van der Waals surface area contributed by atoms with E-state index in [1.807, 2.05) is 24.3 Å². The van der Waals surface area contributed by atoms with Crippen LogP contribution < -0.4 is 10.1 Å². The van der Waals surface area contributed by atoms with E-state index in [-0.39, 0.29) is 11.8 Å². The van der Waals surface area contributed by atoms with Crippen LogP contribution in [0.5, 0.6) is 11.6 Å². The third kappa shape index (κ3) is 4.17. The first-order valence-electron chi connectivity index (χ1n) is 9.80. The van der Waals surface area contributed by atoms with Gasteiger partial charge >= 0.3 is 0 Å². The molecule has 4 rings (SSSR count). The Morgan fingerprint density at radius 2 is 1.97 bits per heavy atom. The summed E-state index contributed by atoms with van der Waals surface area (Å²) in [7, 11) is 0. The van der Waals surface area contributed by atoms with Crippen LogP contribution in [-0.2, 0) is 12.1 Å². The number of aliphatic hydroxyl groups is 1. The van der Waals surface area contributed by atoms with Gasteiger partial charge in [-0.25, -0.2) is 4.98 Å². The van der Waals surface area contributed by atoms with Crippen molar-refractivity contribution in [3.63, 3.8) is 0 Å². The van der Waals surface area contributed by atoms with Crippen LogP contribution in [-0.4, -0.2) is 16.0 Å². The maximum Gasteiger partial charge on any atom is 0.257 e. The average molecular weight is 399 g/mol. The minimum Gasteiger partial charge on any atom is -0.438 e. The summed E-state index contributed by atoms with van der Waals surface area (Å²) < 4.78 is 5.75. The van der Waals surface area contributed by atoms with E-state index in [1.54, 1.807) is 42.6 Å². The maximum absolute atomic E-state index is 12.7. The number of hydrogen-bond donors (Lipinski definition) is 2. The summed E-state index contributed by atoms with van der Waals surface area (Å²) >= 11 is 0. The van der Waals surface area contributed by atoms with Crippen molar-refractivity contribution in [1.29, 1.82) is 5.26 Å². The first-order valence-corrected chi connectivity index (χ1v) is 9.80. The van der Waals surface area contributed by atoms with Gasteiger partial charge in [0.1, 0.15) is 11.3 Å². The number of aromatic nitrogens is 1. The Morgan fingerprint density at radius 3 is 2.67 bits per heavy atom. The highest BCUT2D eigenvalue weighted by Gasteiger charge is 2.35. The zero-order valence-electron chi connectivity index (χ0n) is 16.3. The second-order valence-corrected chi connectivity index (χ2v) is 7.36. The summed E-state index contributed by atoms with van der Waals surface area (Å²) in [6, 6.07) is 19.7. The van der Waals surface area contributed by atoms with Gasteiger partial charge in [0.25, 0.3) is 5.91 Å². The van der Waals surface area contributed by atoms with Gasteiger partial charge < -0.3 is 15.2 Å². The SMILES string of the molecule is N#Cc1cccc(Oc2ncccc2C(=O)NCc2ccc(C3(O)CCC3)cc2)c1. The monoisotopic (exact) mass is 399 g/mol. The van der Waals surface area contributed by atoms with Gasteiger partial charge in [-0.05, 0) is 60.7 Å². The number of rotatable bonds is 6. The largest absolute Gasteiger partial charge is 0.438 e. The summed E-state index contributed by atoms with van der Waals surface area (Å²) in [4.78, 5) is 16.9. The van der Waals surface area contributed by atoms with Gasteiger partial charge in [0.2, 0.25) is 5.88 Å². The fourth-order valence-corrected chi connectivity index (χ4v) is 3.40. The smallest absolute Gasteiger partial charge is 0.257 e. The Balaban J connectivity index is 1.43. The van der Waals surface area contributed by atoms with Crippen molar-refractivity contribution in [2.45, 2.75) is 31.4 Å². The number of nitriles is 1. The lowest BCUT2D eigenvalue weighted by Crippen LogP contribution is -2.33. The van der Waals surface area contributed by atoms with E-state index < -0.39 is 5.60 Å². The highest BCUT2D eigenvalue weighted by atomic mass is 16.5. The number of nitrogens with one attached hydrogen (secondary N) is 1. The zero-order chi connectivity index (χ0) is 21.0. The highest BCUT2D eigenvalue weighted by molar-refractivity contribution is 5.96. The highest BCUT2D eigenvalue weighted by Crippen LogP contribution is 2.40. The molecule has 0 spiro atoms. The van der Waals surface area contributed by atoms with Crippen molar-refractivity contribution in [2.75, 3.05) is 0 Å². The second kappa shape index (κ2) is 8.36. The molecule has 2 aromatic carbocycles. The van der Waals surface area contributed by atoms with Crippen LogP contribution in [0.4, 0.5) is 0 Å². The molecule has 0 unspecified atom stereocenters. The van der Waals surface area contributed by atoms with E-state index in [4.69, 9.17) is 10.00 Å². The number of amides is 1. The van der Waals surface area contributed by atoms with Crippen molar-refractivity contribution in [1.82, 2.24) is 10.3 Å². The van der Waals surface area contributed by atoms with Crippen molar-refractivity contribution in [2.24, 2.45) is 0 Å². The minimum atomic E-state index is -0.688. The van der Waals surface area contributed by atoms with Crippen LogP contribution in [0.3, 0.4) is 0 Å². The third-order valence-electron chi connectivity index (χ3n) is 5.32. The van der Waals surface area contributed by atoms with E-state index in [2.05, 4.69) is 16.4 Å². The van der Waals surface area contributed by atoms with Crippen LogP contribution in [0.2, 0.25) is 0 Å². The molecule has 2 N–H and O–H groups in total. The Bertz CT molecular complexity index is 1100. The molecule has 1 saturated carbocycles. The first kappa shape index (κ1) is 19.6. The van der Waals surface area contributed by atoms with Crippen LogP contribution in [0.1, 0.15) is 46.3 Å². The number of hydrogen-bond acceptors (Lipinski definition) is 5. The Labute approximate surface area is 174 Å². The molecule has 1 aromatic heterocycles. The van der Waals surface area contributed by atoms with Crippen molar-refractivity contribution >= 4 is 5.91 Å². The van der Waals surface area contributed by atoms with Gasteiger partial charge in [0.15, 0.2) is 0 Å². The summed E-state index contributed by atoms with van der Waals surface area (Å²) in [5.74, 6) is 0.301. The van der Waals surface area contributed by atoms with E-state index >= 15 is 0 Å². The Hall–Kier alpha value is -3.69. The fraction of sp³-hybridized carbons (Fsp3) is 0.208. The molecule has 1 fully saturated rings. The second-order valence-electron chi connectivity index (χ2n) is 7.36. The van der Waals surface area contributed by atoms with Crippen LogP contribution >= 0.6 is 0 Å². The zero-order valence-corrected chi connectivity index (χ0v) is 16.3. The number of ether oxygens (including phenoxy) is 1. The molecule has 1 aliphatic rings. The molecule has 3 aromatic rings. The number of carbonyl (C=O) groups is 1. The maximum atomic E-state index is 12.7.